The second-order valence-corrected chi connectivity index (χ2v) is 6.68. The molecule has 0 aromatic heterocycles. The molecule has 0 bridgehead atoms. The molecule has 128 valence electrons. The van der Waals surface area contributed by atoms with E-state index in [-0.39, 0.29) is 5.82 Å². The van der Waals surface area contributed by atoms with Gasteiger partial charge in [0.25, 0.3) is 0 Å². The predicted molar refractivity (Wildman–Crippen MR) is 92.4 cm³/mol. The molecule has 0 unspecified atom stereocenters. The molecular weight excluding hydrogens is 305 g/mol. The van der Waals surface area contributed by atoms with Gasteiger partial charge in [-0.25, -0.2) is 4.39 Å². The first-order valence-corrected chi connectivity index (χ1v) is 8.55. The third kappa shape index (κ3) is 4.13. The molecule has 3 rings (SSSR count). The van der Waals surface area contributed by atoms with Gasteiger partial charge in [-0.3, -0.25) is 0 Å². The molecule has 0 aliphatic heterocycles. The van der Waals surface area contributed by atoms with E-state index in [9.17, 15) is 14.6 Å². The van der Waals surface area contributed by atoms with Crippen LogP contribution >= 0.6 is 0 Å². The molecule has 0 amide bonds. The summed E-state index contributed by atoms with van der Waals surface area (Å²) in [5.41, 5.74) is 1.17. The highest BCUT2D eigenvalue weighted by Gasteiger charge is 2.34. The van der Waals surface area contributed by atoms with Gasteiger partial charge in [0, 0.05) is 6.04 Å². The Labute approximate surface area is 142 Å². The lowest BCUT2D eigenvalue weighted by molar-refractivity contribution is -0.00829. The average molecular weight is 329 g/mol. The van der Waals surface area contributed by atoms with Crippen molar-refractivity contribution < 1.29 is 14.6 Å². The Hall–Kier alpha value is -1.91. The lowest BCUT2D eigenvalue weighted by Gasteiger charge is -2.37. The van der Waals surface area contributed by atoms with Crippen LogP contribution in [-0.4, -0.2) is 22.8 Å². The van der Waals surface area contributed by atoms with E-state index in [0.717, 1.165) is 31.4 Å². The van der Waals surface area contributed by atoms with Gasteiger partial charge in [0.2, 0.25) is 0 Å². The zero-order valence-electron chi connectivity index (χ0n) is 13.7. The van der Waals surface area contributed by atoms with Crippen LogP contribution in [0, 0.1) is 5.82 Å². The van der Waals surface area contributed by atoms with Crippen LogP contribution in [0.3, 0.4) is 0 Å². The Morgan fingerprint density at radius 3 is 2.25 bits per heavy atom. The quantitative estimate of drug-likeness (QED) is 0.787. The number of aliphatic hydroxyl groups is 1. The fraction of sp³-hybridized carbons (Fsp3) is 0.400. The molecule has 1 saturated carbocycles. The summed E-state index contributed by atoms with van der Waals surface area (Å²) in [5, 5.41) is 23.6. The van der Waals surface area contributed by atoms with Crippen LogP contribution in [0.25, 0.3) is 0 Å². The van der Waals surface area contributed by atoms with E-state index in [4.69, 9.17) is 0 Å². The molecule has 0 radical (unpaired) electrons. The molecule has 2 aromatic carbocycles. The molecule has 1 aliphatic carbocycles. The highest BCUT2D eigenvalue weighted by Crippen LogP contribution is 2.37. The lowest BCUT2D eigenvalue weighted by Crippen LogP contribution is -2.40. The highest BCUT2D eigenvalue weighted by atomic mass is 19.1. The number of benzene rings is 2. The summed E-state index contributed by atoms with van der Waals surface area (Å²) in [7, 11) is 0. The molecule has 0 atom stereocenters. The topological polar surface area (TPSA) is 52.5 Å². The Morgan fingerprint density at radius 2 is 1.62 bits per heavy atom. The van der Waals surface area contributed by atoms with Gasteiger partial charge in [-0.1, -0.05) is 24.3 Å². The van der Waals surface area contributed by atoms with Gasteiger partial charge in [-0.05, 0) is 74.0 Å². The Bertz CT molecular complexity index is 646. The number of hydrogen-bond donors (Lipinski definition) is 3. The average Bonchev–Trinajstić information content (AvgIpc) is 2.59. The zero-order chi connectivity index (χ0) is 17.0. The van der Waals surface area contributed by atoms with E-state index in [1.807, 2.05) is 12.1 Å². The van der Waals surface area contributed by atoms with Gasteiger partial charge in [-0.2, -0.15) is 0 Å². The molecule has 1 aliphatic rings. The maximum absolute atomic E-state index is 13.0. The van der Waals surface area contributed by atoms with Crippen molar-refractivity contribution >= 4 is 0 Å². The van der Waals surface area contributed by atoms with Crippen molar-refractivity contribution in [2.75, 3.05) is 6.54 Å². The van der Waals surface area contributed by atoms with Crippen molar-refractivity contribution in [3.8, 4) is 5.75 Å². The van der Waals surface area contributed by atoms with Gasteiger partial charge < -0.3 is 15.5 Å². The molecule has 24 heavy (non-hydrogen) atoms. The van der Waals surface area contributed by atoms with Crippen molar-refractivity contribution in [2.24, 2.45) is 0 Å². The molecule has 3 N–H and O–H groups in total. The van der Waals surface area contributed by atoms with Crippen molar-refractivity contribution in [2.45, 2.75) is 43.7 Å². The first-order chi connectivity index (χ1) is 11.5. The van der Waals surface area contributed by atoms with Gasteiger partial charge >= 0.3 is 0 Å². The number of phenols is 1. The molecule has 0 heterocycles. The normalized spacial score (nSPS) is 24.0. The van der Waals surface area contributed by atoms with Crippen LogP contribution in [0.4, 0.5) is 4.39 Å². The zero-order valence-corrected chi connectivity index (χ0v) is 13.7. The fourth-order valence-electron chi connectivity index (χ4n) is 3.43. The summed E-state index contributed by atoms with van der Waals surface area (Å²) in [4.78, 5) is 0. The van der Waals surface area contributed by atoms with Crippen LogP contribution in [0.1, 0.15) is 36.8 Å². The van der Waals surface area contributed by atoms with Gasteiger partial charge in [-0.15, -0.1) is 0 Å². The number of hydrogen-bond acceptors (Lipinski definition) is 3. The smallest absolute Gasteiger partial charge is 0.123 e. The molecule has 2 aromatic rings. The lowest BCUT2D eigenvalue weighted by atomic mass is 9.78. The molecule has 1 fully saturated rings. The van der Waals surface area contributed by atoms with Gasteiger partial charge in [0.05, 0.1) is 5.60 Å². The first-order valence-electron chi connectivity index (χ1n) is 8.55. The molecule has 3 nitrogen and oxygen atoms in total. The van der Waals surface area contributed by atoms with E-state index in [1.165, 1.54) is 17.7 Å². The maximum Gasteiger partial charge on any atom is 0.123 e. The maximum atomic E-state index is 13.0. The van der Waals surface area contributed by atoms with Crippen molar-refractivity contribution in [1.29, 1.82) is 0 Å². The summed E-state index contributed by atoms with van der Waals surface area (Å²) in [6, 6.07) is 13.9. The summed E-state index contributed by atoms with van der Waals surface area (Å²) < 4.78 is 13.0. The minimum atomic E-state index is -0.831. The minimum absolute atomic E-state index is 0.271. The van der Waals surface area contributed by atoms with Crippen LogP contribution in [-0.2, 0) is 12.0 Å². The van der Waals surface area contributed by atoms with E-state index >= 15 is 0 Å². The van der Waals surface area contributed by atoms with E-state index < -0.39 is 5.60 Å². The Kier molecular flexibility index (Phi) is 5.17. The van der Waals surface area contributed by atoms with E-state index in [0.29, 0.717) is 24.6 Å². The Balaban J connectivity index is 1.46. The minimum Gasteiger partial charge on any atom is -0.508 e. The third-order valence-electron chi connectivity index (χ3n) is 4.98. The molecule has 4 heteroatoms. The number of phenolic OH excluding ortho intramolecular Hbond substituents is 1. The highest BCUT2D eigenvalue weighted by molar-refractivity contribution is 5.26. The second kappa shape index (κ2) is 7.32. The van der Waals surface area contributed by atoms with Gasteiger partial charge in [0.1, 0.15) is 11.6 Å². The standard InChI is InChI=1S/C20H24FNO2/c21-17-5-3-16(4-6-17)20(24)12-9-18(10-13-20)22-14-11-15-1-7-19(23)8-2-15/h1-8,18,22-24H,9-14H2/t18-,20+. The number of nitrogens with one attached hydrogen (secondary N) is 1. The molecular formula is C20H24FNO2. The number of aromatic hydroxyl groups is 1. The van der Waals surface area contributed by atoms with Crippen molar-refractivity contribution in [3.05, 3.63) is 65.5 Å². The second-order valence-electron chi connectivity index (χ2n) is 6.68. The summed E-state index contributed by atoms with van der Waals surface area (Å²) in [5.74, 6) is 0.0194. The fourth-order valence-corrected chi connectivity index (χ4v) is 3.43. The van der Waals surface area contributed by atoms with Crippen molar-refractivity contribution in [3.63, 3.8) is 0 Å². The first kappa shape index (κ1) is 16.9. The summed E-state index contributed by atoms with van der Waals surface area (Å²) in [6.45, 7) is 0.879. The number of halogens is 1. The summed E-state index contributed by atoms with van der Waals surface area (Å²) in [6.07, 6.45) is 4.11. The van der Waals surface area contributed by atoms with Crippen molar-refractivity contribution in [1.82, 2.24) is 5.32 Å². The molecule has 0 spiro atoms. The third-order valence-corrected chi connectivity index (χ3v) is 4.98. The van der Waals surface area contributed by atoms with E-state index in [2.05, 4.69) is 5.32 Å². The SMILES string of the molecule is Oc1ccc(CCN[C@H]2CC[C@](O)(c3ccc(F)cc3)CC2)cc1. The monoisotopic (exact) mass is 329 g/mol. The largest absolute Gasteiger partial charge is 0.508 e. The predicted octanol–water partition coefficient (Wildman–Crippen LogP) is 3.49. The van der Waals surface area contributed by atoms with Crippen LogP contribution in [0.2, 0.25) is 0 Å². The van der Waals surface area contributed by atoms with Crippen LogP contribution < -0.4 is 5.32 Å². The van der Waals surface area contributed by atoms with Crippen LogP contribution in [0.15, 0.2) is 48.5 Å². The van der Waals surface area contributed by atoms with Gasteiger partial charge in [0.15, 0.2) is 0 Å². The Morgan fingerprint density at radius 1 is 1.00 bits per heavy atom. The number of rotatable bonds is 5. The van der Waals surface area contributed by atoms with E-state index in [1.54, 1.807) is 24.3 Å². The molecule has 0 saturated heterocycles. The summed E-state index contributed by atoms with van der Waals surface area (Å²) >= 11 is 0. The van der Waals surface area contributed by atoms with Crippen LogP contribution in [0.5, 0.6) is 5.75 Å².